The molecular weight excluding hydrogens is 238 g/mol. The first kappa shape index (κ1) is 14.3. The zero-order valence-corrected chi connectivity index (χ0v) is 11.7. The largest absolute Gasteiger partial charge is 0.497 e. The lowest BCUT2D eigenvalue weighted by Gasteiger charge is -2.34. The molecule has 0 radical (unpaired) electrons. The van der Waals surface area contributed by atoms with E-state index < -0.39 is 0 Å². The molecule has 1 saturated heterocycles. The highest BCUT2D eigenvalue weighted by Gasteiger charge is 2.24. The first-order valence-electron chi connectivity index (χ1n) is 7.06. The SMILES string of the molecule is COc1ccc(C(N)C2CCN(CCN)CC2)cc1. The quantitative estimate of drug-likeness (QED) is 0.842. The van der Waals surface area contributed by atoms with Gasteiger partial charge in [-0.1, -0.05) is 12.1 Å². The number of rotatable bonds is 5. The van der Waals surface area contributed by atoms with Crippen molar-refractivity contribution in [1.29, 1.82) is 0 Å². The van der Waals surface area contributed by atoms with Gasteiger partial charge in [0.15, 0.2) is 0 Å². The summed E-state index contributed by atoms with van der Waals surface area (Å²) in [6, 6.07) is 8.26. The lowest BCUT2D eigenvalue weighted by atomic mass is 9.86. The number of likely N-dealkylation sites (tertiary alicyclic amines) is 1. The summed E-state index contributed by atoms with van der Waals surface area (Å²) in [5.74, 6) is 1.45. The zero-order chi connectivity index (χ0) is 13.7. The lowest BCUT2D eigenvalue weighted by molar-refractivity contribution is 0.173. The van der Waals surface area contributed by atoms with Crippen LogP contribution in [-0.2, 0) is 0 Å². The fraction of sp³-hybridized carbons (Fsp3) is 0.600. The van der Waals surface area contributed by atoms with Gasteiger partial charge in [0.2, 0.25) is 0 Å². The van der Waals surface area contributed by atoms with E-state index in [1.54, 1.807) is 7.11 Å². The van der Waals surface area contributed by atoms with E-state index in [4.69, 9.17) is 16.2 Å². The van der Waals surface area contributed by atoms with Crippen LogP contribution in [0.5, 0.6) is 5.75 Å². The average Bonchev–Trinajstić information content (AvgIpc) is 2.48. The number of nitrogens with zero attached hydrogens (tertiary/aromatic N) is 1. The summed E-state index contributed by atoms with van der Waals surface area (Å²) in [6.07, 6.45) is 2.32. The molecule has 0 bridgehead atoms. The van der Waals surface area contributed by atoms with E-state index in [1.807, 2.05) is 12.1 Å². The monoisotopic (exact) mass is 263 g/mol. The molecule has 1 unspecified atom stereocenters. The molecule has 1 aliphatic rings. The fourth-order valence-electron chi connectivity index (χ4n) is 2.82. The Morgan fingerprint density at radius 3 is 2.42 bits per heavy atom. The number of benzene rings is 1. The van der Waals surface area contributed by atoms with Crippen molar-refractivity contribution in [2.24, 2.45) is 17.4 Å². The van der Waals surface area contributed by atoms with E-state index >= 15 is 0 Å². The van der Waals surface area contributed by atoms with Gasteiger partial charge < -0.3 is 21.1 Å². The number of methoxy groups -OCH3 is 1. The second-order valence-electron chi connectivity index (χ2n) is 5.27. The van der Waals surface area contributed by atoms with Crippen molar-refractivity contribution in [2.45, 2.75) is 18.9 Å². The normalized spacial score (nSPS) is 19.3. The van der Waals surface area contributed by atoms with Gasteiger partial charge in [0.25, 0.3) is 0 Å². The number of piperidine rings is 1. The molecule has 106 valence electrons. The average molecular weight is 263 g/mol. The van der Waals surface area contributed by atoms with E-state index in [0.717, 1.165) is 44.8 Å². The van der Waals surface area contributed by atoms with E-state index in [1.165, 1.54) is 5.56 Å². The Kier molecular flexibility index (Phi) is 5.19. The second kappa shape index (κ2) is 6.89. The minimum Gasteiger partial charge on any atom is -0.497 e. The number of nitrogens with two attached hydrogens (primary N) is 2. The molecule has 1 fully saturated rings. The van der Waals surface area contributed by atoms with Gasteiger partial charge >= 0.3 is 0 Å². The summed E-state index contributed by atoms with van der Waals surface area (Å²) in [6.45, 7) is 3.98. The molecule has 1 aliphatic heterocycles. The molecule has 19 heavy (non-hydrogen) atoms. The zero-order valence-electron chi connectivity index (χ0n) is 11.7. The van der Waals surface area contributed by atoms with E-state index in [-0.39, 0.29) is 6.04 Å². The molecule has 0 aromatic heterocycles. The fourth-order valence-corrected chi connectivity index (χ4v) is 2.82. The Bertz CT molecular complexity index is 371. The van der Waals surface area contributed by atoms with E-state index in [9.17, 15) is 0 Å². The molecule has 1 atom stereocenters. The lowest BCUT2D eigenvalue weighted by Crippen LogP contribution is -2.39. The molecule has 4 nitrogen and oxygen atoms in total. The van der Waals surface area contributed by atoms with Gasteiger partial charge in [0.05, 0.1) is 7.11 Å². The molecule has 1 aromatic rings. The predicted molar refractivity (Wildman–Crippen MR) is 78.1 cm³/mol. The third kappa shape index (κ3) is 3.69. The van der Waals surface area contributed by atoms with Crippen LogP contribution in [0.2, 0.25) is 0 Å². The van der Waals surface area contributed by atoms with E-state index in [2.05, 4.69) is 17.0 Å². The van der Waals surface area contributed by atoms with Gasteiger partial charge in [0.1, 0.15) is 5.75 Å². The first-order valence-corrected chi connectivity index (χ1v) is 7.06. The molecule has 0 saturated carbocycles. The van der Waals surface area contributed by atoms with Gasteiger partial charge in [-0.2, -0.15) is 0 Å². The van der Waals surface area contributed by atoms with E-state index in [0.29, 0.717) is 5.92 Å². The maximum Gasteiger partial charge on any atom is 0.118 e. The highest BCUT2D eigenvalue weighted by atomic mass is 16.5. The smallest absolute Gasteiger partial charge is 0.118 e. The Balaban J connectivity index is 1.91. The Morgan fingerprint density at radius 1 is 1.26 bits per heavy atom. The summed E-state index contributed by atoms with van der Waals surface area (Å²) < 4.78 is 5.18. The summed E-state index contributed by atoms with van der Waals surface area (Å²) in [5.41, 5.74) is 13.2. The molecular formula is C15H25N3O. The third-order valence-electron chi connectivity index (χ3n) is 4.09. The number of hydrogen-bond donors (Lipinski definition) is 2. The minimum atomic E-state index is 0.130. The minimum absolute atomic E-state index is 0.130. The van der Waals surface area contributed by atoms with Crippen LogP contribution in [0.1, 0.15) is 24.4 Å². The van der Waals surface area contributed by atoms with Crippen LogP contribution in [0.15, 0.2) is 24.3 Å². The summed E-state index contributed by atoms with van der Waals surface area (Å²) in [4.78, 5) is 2.43. The topological polar surface area (TPSA) is 64.5 Å². The van der Waals surface area contributed by atoms with Crippen molar-refractivity contribution in [3.05, 3.63) is 29.8 Å². The highest BCUT2D eigenvalue weighted by molar-refractivity contribution is 5.29. The van der Waals surface area contributed by atoms with Crippen LogP contribution in [0.3, 0.4) is 0 Å². The molecule has 0 amide bonds. The maximum absolute atomic E-state index is 6.40. The Morgan fingerprint density at radius 2 is 1.89 bits per heavy atom. The van der Waals surface area contributed by atoms with Crippen LogP contribution in [0.25, 0.3) is 0 Å². The van der Waals surface area contributed by atoms with Gasteiger partial charge in [-0.3, -0.25) is 0 Å². The molecule has 4 heteroatoms. The molecule has 2 rings (SSSR count). The number of ether oxygens (including phenoxy) is 1. The Hall–Kier alpha value is -1.10. The molecule has 4 N–H and O–H groups in total. The maximum atomic E-state index is 6.40. The third-order valence-corrected chi connectivity index (χ3v) is 4.09. The summed E-state index contributed by atoms with van der Waals surface area (Å²) in [5, 5.41) is 0. The highest BCUT2D eigenvalue weighted by Crippen LogP contribution is 2.29. The van der Waals surface area contributed by atoms with Crippen molar-refractivity contribution in [3.63, 3.8) is 0 Å². The van der Waals surface area contributed by atoms with Gasteiger partial charge in [0, 0.05) is 19.1 Å². The molecule has 0 aliphatic carbocycles. The van der Waals surface area contributed by atoms with Gasteiger partial charge in [-0.25, -0.2) is 0 Å². The second-order valence-corrected chi connectivity index (χ2v) is 5.27. The predicted octanol–water partition coefficient (Wildman–Crippen LogP) is 1.37. The molecule has 0 spiro atoms. The van der Waals surface area contributed by atoms with Crippen LogP contribution >= 0.6 is 0 Å². The van der Waals surface area contributed by atoms with Gasteiger partial charge in [-0.05, 0) is 49.5 Å². The van der Waals surface area contributed by atoms with Crippen molar-refractivity contribution in [2.75, 3.05) is 33.3 Å². The standard InChI is InChI=1S/C15H25N3O/c1-19-14-4-2-12(3-5-14)15(17)13-6-9-18(10-7-13)11-8-16/h2-5,13,15H,6-11,16-17H2,1H3. The first-order chi connectivity index (χ1) is 9.24. The summed E-state index contributed by atoms with van der Waals surface area (Å²) >= 11 is 0. The van der Waals surface area contributed by atoms with Crippen LogP contribution in [0.4, 0.5) is 0 Å². The van der Waals surface area contributed by atoms with Crippen LogP contribution in [0, 0.1) is 5.92 Å². The summed E-state index contributed by atoms with van der Waals surface area (Å²) in [7, 11) is 1.68. The van der Waals surface area contributed by atoms with Crippen LogP contribution in [-0.4, -0.2) is 38.2 Å². The Labute approximate surface area is 115 Å². The molecule has 1 aromatic carbocycles. The van der Waals surface area contributed by atoms with Crippen molar-refractivity contribution < 1.29 is 4.74 Å². The molecule has 1 heterocycles. The van der Waals surface area contributed by atoms with Crippen LogP contribution < -0.4 is 16.2 Å². The van der Waals surface area contributed by atoms with Crippen molar-refractivity contribution in [1.82, 2.24) is 4.90 Å². The number of hydrogen-bond acceptors (Lipinski definition) is 4. The van der Waals surface area contributed by atoms with Gasteiger partial charge in [-0.15, -0.1) is 0 Å². The van der Waals surface area contributed by atoms with Crippen molar-refractivity contribution >= 4 is 0 Å². The van der Waals surface area contributed by atoms with Crippen molar-refractivity contribution in [3.8, 4) is 5.75 Å².